The molecular weight excluding hydrogens is 330 g/mol. The summed E-state index contributed by atoms with van der Waals surface area (Å²) in [5.74, 6) is -0.330. The highest BCUT2D eigenvalue weighted by molar-refractivity contribution is 7.81. The van der Waals surface area contributed by atoms with Crippen molar-refractivity contribution in [3.05, 3.63) is 58.9 Å². The maximum absolute atomic E-state index is 12.0. The van der Waals surface area contributed by atoms with E-state index < -0.39 is 0 Å². The van der Waals surface area contributed by atoms with E-state index in [1.54, 1.807) is 0 Å². The van der Waals surface area contributed by atoms with Gasteiger partial charge in [-0.3, -0.25) is 4.79 Å². The maximum atomic E-state index is 12.0. The van der Waals surface area contributed by atoms with Crippen LogP contribution in [0.1, 0.15) is 61.0 Å². The molecule has 3 nitrogen and oxygen atoms in total. The van der Waals surface area contributed by atoms with Crippen molar-refractivity contribution in [2.75, 3.05) is 7.11 Å². The summed E-state index contributed by atoms with van der Waals surface area (Å²) in [7, 11) is 1.45. The van der Waals surface area contributed by atoms with Crippen molar-refractivity contribution in [1.82, 2.24) is 4.57 Å². The number of esters is 1. The lowest BCUT2D eigenvalue weighted by atomic mass is 9.96. The number of hydrogen-bond acceptors (Lipinski definition) is 3. The van der Waals surface area contributed by atoms with E-state index in [9.17, 15) is 4.79 Å². The second-order valence-corrected chi connectivity index (χ2v) is 7.05. The number of aromatic nitrogens is 1. The topological polar surface area (TPSA) is 31.2 Å². The van der Waals surface area contributed by atoms with Crippen LogP contribution >= 0.6 is 12.2 Å². The minimum atomic E-state index is -0.174. The fourth-order valence-corrected chi connectivity index (χ4v) is 3.88. The summed E-state index contributed by atoms with van der Waals surface area (Å²) in [5.41, 5.74) is 4.47. The van der Waals surface area contributed by atoms with Crippen LogP contribution in [0.25, 0.3) is 0 Å². The Bertz CT molecular complexity index is 761. The van der Waals surface area contributed by atoms with Crippen LogP contribution in [0.15, 0.2) is 36.4 Å². The Kier molecular flexibility index (Phi) is 5.69. The van der Waals surface area contributed by atoms with E-state index in [1.807, 2.05) is 12.1 Å². The van der Waals surface area contributed by atoms with Crippen molar-refractivity contribution in [3.8, 4) is 0 Å². The third-order valence-corrected chi connectivity index (χ3v) is 5.44. The largest absolute Gasteiger partial charge is 0.469 e. The van der Waals surface area contributed by atoms with Gasteiger partial charge in [-0.05, 0) is 48.9 Å². The van der Waals surface area contributed by atoms with Gasteiger partial charge >= 0.3 is 5.97 Å². The van der Waals surface area contributed by atoms with Gasteiger partial charge in [0.25, 0.3) is 0 Å². The van der Waals surface area contributed by atoms with Gasteiger partial charge in [0.2, 0.25) is 0 Å². The molecule has 0 aliphatic carbocycles. The number of methoxy groups -OCH3 is 1. The van der Waals surface area contributed by atoms with Crippen LogP contribution in [0.2, 0.25) is 0 Å². The van der Waals surface area contributed by atoms with Crippen LogP contribution in [0, 0.1) is 0 Å². The third-order valence-electron chi connectivity index (χ3n) is 5.00. The lowest BCUT2D eigenvalue weighted by Crippen LogP contribution is -2.24. The standard InChI is InChI=1S/C21H25NO2S/c1-3-4-6-15-8-10-16(11-9-15)20(25)19-13-12-18-17(21(23)24-2)7-5-14-22(18)19/h8-13,17H,3-7,14H2,1-2H3. The van der Waals surface area contributed by atoms with Gasteiger partial charge in [-0.2, -0.15) is 0 Å². The van der Waals surface area contributed by atoms with Gasteiger partial charge in [-0.15, -0.1) is 0 Å². The first-order chi connectivity index (χ1) is 12.2. The molecule has 1 aliphatic heterocycles. The number of unbranched alkanes of at least 4 members (excludes halogenated alkanes) is 1. The normalized spacial score (nSPS) is 16.3. The molecule has 3 rings (SSSR count). The Morgan fingerprint density at radius 3 is 2.68 bits per heavy atom. The minimum Gasteiger partial charge on any atom is -0.469 e. The van der Waals surface area contributed by atoms with Crippen molar-refractivity contribution in [3.63, 3.8) is 0 Å². The number of carbonyl (C=O) groups excluding carboxylic acids is 1. The van der Waals surface area contributed by atoms with Crippen LogP contribution in [0.5, 0.6) is 0 Å². The van der Waals surface area contributed by atoms with Crippen molar-refractivity contribution in [2.24, 2.45) is 0 Å². The summed E-state index contributed by atoms with van der Waals surface area (Å²) in [6.45, 7) is 3.11. The van der Waals surface area contributed by atoms with Gasteiger partial charge in [0, 0.05) is 12.2 Å². The van der Waals surface area contributed by atoms with E-state index in [0.29, 0.717) is 0 Å². The average molecular weight is 356 g/mol. The first-order valence-corrected chi connectivity index (χ1v) is 9.47. The van der Waals surface area contributed by atoms with Gasteiger partial charge in [0.15, 0.2) is 0 Å². The molecule has 25 heavy (non-hydrogen) atoms. The molecule has 2 heterocycles. The first-order valence-electron chi connectivity index (χ1n) is 9.06. The van der Waals surface area contributed by atoms with Gasteiger partial charge < -0.3 is 9.30 Å². The zero-order chi connectivity index (χ0) is 17.8. The summed E-state index contributed by atoms with van der Waals surface area (Å²) in [5, 5.41) is 0. The molecular formula is C21H25NO2S. The van der Waals surface area contributed by atoms with Gasteiger partial charge in [-0.1, -0.05) is 49.8 Å². The Labute approximate surface area is 155 Å². The Balaban J connectivity index is 1.84. The second kappa shape index (κ2) is 7.96. The first kappa shape index (κ1) is 17.9. The highest BCUT2D eigenvalue weighted by Gasteiger charge is 2.29. The highest BCUT2D eigenvalue weighted by Crippen LogP contribution is 2.31. The third kappa shape index (κ3) is 3.69. The predicted molar refractivity (Wildman–Crippen MR) is 104 cm³/mol. The molecule has 0 bridgehead atoms. The number of aryl methyl sites for hydroxylation is 1. The number of thiocarbonyl (C=S) groups is 1. The van der Waals surface area contributed by atoms with Crippen molar-refractivity contribution in [1.29, 1.82) is 0 Å². The Morgan fingerprint density at radius 1 is 1.24 bits per heavy atom. The van der Waals surface area contributed by atoms with E-state index in [0.717, 1.165) is 47.6 Å². The van der Waals surface area contributed by atoms with Crippen molar-refractivity contribution in [2.45, 2.75) is 51.5 Å². The van der Waals surface area contributed by atoms with Crippen LogP contribution < -0.4 is 0 Å². The molecule has 0 amide bonds. The zero-order valence-corrected chi connectivity index (χ0v) is 15.8. The fourth-order valence-electron chi connectivity index (χ4n) is 3.57. The monoisotopic (exact) mass is 355 g/mol. The molecule has 2 aromatic rings. The number of nitrogens with zero attached hydrogens (tertiary/aromatic N) is 1. The van der Waals surface area contributed by atoms with Gasteiger partial charge in [-0.25, -0.2) is 0 Å². The van der Waals surface area contributed by atoms with E-state index in [2.05, 4.69) is 35.8 Å². The van der Waals surface area contributed by atoms with E-state index in [-0.39, 0.29) is 11.9 Å². The molecule has 1 aliphatic rings. The number of benzene rings is 1. The second-order valence-electron chi connectivity index (χ2n) is 6.64. The summed E-state index contributed by atoms with van der Waals surface area (Å²) in [4.78, 5) is 12.9. The quantitative estimate of drug-likeness (QED) is 0.429. The van der Waals surface area contributed by atoms with Crippen LogP contribution in [-0.2, 0) is 22.5 Å². The van der Waals surface area contributed by atoms with Gasteiger partial charge in [0.05, 0.1) is 23.6 Å². The average Bonchev–Trinajstić information content (AvgIpc) is 3.09. The smallest absolute Gasteiger partial charge is 0.314 e. The number of ether oxygens (including phenoxy) is 1. The molecule has 0 N–H and O–H groups in total. The molecule has 0 saturated heterocycles. The van der Waals surface area contributed by atoms with Crippen molar-refractivity contribution >= 4 is 23.1 Å². The van der Waals surface area contributed by atoms with Crippen molar-refractivity contribution < 1.29 is 9.53 Å². The highest BCUT2D eigenvalue weighted by atomic mass is 32.1. The predicted octanol–water partition coefficient (Wildman–Crippen LogP) is 4.65. The molecule has 0 saturated carbocycles. The summed E-state index contributed by atoms with van der Waals surface area (Å²) >= 11 is 5.75. The zero-order valence-electron chi connectivity index (χ0n) is 15.0. The molecule has 132 valence electrons. The maximum Gasteiger partial charge on any atom is 0.314 e. The molecule has 1 aromatic carbocycles. The lowest BCUT2D eigenvalue weighted by Gasteiger charge is -2.24. The van der Waals surface area contributed by atoms with Crippen LogP contribution in [0.3, 0.4) is 0 Å². The van der Waals surface area contributed by atoms with E-state index >= 15 is 0 Å². The molecule has 1 unspecified atom stereocenters. The number of carbonyl (C=O) groups is 1. The summed E-state index contributed by atoms with van der Waals surface area (Å²) < 4.78 is 7.15. The molecule has 1 aromatic heterocycles. The summed E-state index contributed by atoms with van der Waals surface area (Å²) in [6, 6.07) is 12.7. The number of hydrogen-bond donors (Lipinski definition) is 0. The molecule has 1 atom stereocenters. The molecule has 4 heteroatoms. The Hall–Kier alpha value is -1.94. The fraction of sp³-hybridized carbons (Fsp3) is 0.429. The Morgan fingerprint density at radius 2 is 2.00 bits per heavy atom. The van der Waals surface area contributed by atoms with Gasteiger partial charge in [0.1, 0.15) is 0 Å². The molecule has 0 fully saturated rings. The van der Waals surface area contributed by atoms with Crippen LogP contribution in [-0.4, -0.2) is 22.5 Å². The van der Waals surface area contributed by atoms with E-state index in [1.165, 1.54) is 25.5 Å². The lowest BCUT2D eigenvalue weighted by molar-refractivity contribution is -0.143. The minimum absolute atomic E-state index is 0.156. The van der Waals surface area contributed by atoms with Crippen LogP contribution in [0.4, 0.5) is 0 Å². The SMILES string of the molecule is CCCCc1ccc(C(=S)c2ccc3n2CCCC3C(=O)OC)cc1. The van der Waals surface area contributed by atoms with E-state index in [4.69, 9.17) is 17.0 Å². The molecule has 0 spiro atoms. The molecule has 0 radical (unpaired) electrons. The number of rotatable bonds is 6. The summed E-state index contributed by atoms with van der Waals surface area (Å²) in [6.07, 6.45) is 5.34. The number of fused-ring (bicyclic) bond motifs is 1.